The Morgan fingerprint density at radius 2 is 1.87 bits per heavy atom. The van der Waals surface area contributed by atoms with Gasteiger partial charge in [-0.2, -0.15) is 15.2 Å². The average Bonchev–Trinajstić information content (AvgIpc) is 3.22. The highest BCUT2D eigenvalue weighted by atomic mass is 32.2. The van der Waals surface area contributed by atoms with Gasteiger partial charge >= 0.3 is 0 Å². The third-order valence-electron chi connectivity index (χ3n) is 6.99. The van der Waals surface area contributed by atoms with Gasteiger partial charge in [0.15, 0.2) is 27.3 Å². The van der Waals surface area contributed by atoms with Gasteiger partial charge in [0.25, 0.3) is 0 Å². The lowest BCUT2D eigenvalue weighted by atomic mass is 10.1. The second kappa shape index (κ2) is 8.86. The van der Waals surface area contributed by atoms with Crippen LogP contribution in [0, 0.1) is 11.6 Å². The largest absolute Gasteiger partial charge is 0.323 e. The van der Waals surface area contributed by atoms with Gasteiger partial charge in [-0.3, -0.25) is 9.78 Å². The summed E-state index contributed by atoms with van der Waals surface area (Å²) >= 11 is 0. The predicted molar refractivity (Wildman–Crippen MR) is 138 cm³/mol. The zero-order valence-corrected chi connectivity index (χ0v) is 21.9. The second-order valence-electron chi connectivity index (χ2n) is 9.89. The van der Waals surface area contributed by atoms with E-state index in [2.05, 4.69) is 20.6 Å². The summed E-state index contributed by atoms with van der Waals surface area (Å²) in [6, 6.07) is 1.61. The van der Waals surface area contributed by atoms with Gasteiger partial charge in [-0.1, -0.05) is 0 Å². The van der Waals surface area contributed by atoms with Crippen LogP contribution < -0.4 is 10.2 Å². The zero-order valence-electron chi connectivity index (χ0n) is 21.1. The molecule has 6 rings (SSSR count). The summed E-state index contributed by atoms with van der Waals surface area (Å²) in [6.07, 6.45) is 9.21. The number of rotatable bonds is 7. The van der Waals surface area contributed by atoms with Crippen molar-refractivity contribution in [1.29, 1.82) is 0 Å². The third kappa shape index (κ3) is 4.30. The number of aromatic amines is 1. The first-order valence-electron chi connectivity index (χ1n) is 12.3. The number of aryl methyl sites for hydroxylation is 2. The van der Waals surface area contributed by atoms with Crippen molar-refractivity contribution >= 4 is 33.1 Å². The van der Waals surface area contributed by atoms with Crippen LogP contribution in [0.3, 0.4) is 0 Å². The molecule has 10 nitrogen and oxygen atoms in total. The molecule has 1 saturated carbocycles. The van der Waals surface area contributed by atoms with E-state index in [1.807, 2.05) is 6.20 Å². The average molecular weight is 541 g/mol. The molecule has 4 aromatic rings. The molecular formula is C25H26F2N8O2S. The lowest BCUT2D eigenvalue weighted by Gasteiger charge is -2.22. The molecule has 198 valence electrons. The maximum Gasteiger partial charge on any atom is 0.232 e. The van der Waals surface area contributed by atoms with Crippen LogP contribution in [0.4, 0.5) is 32.1 Å². The van der Waals surface area contributed by atoms with Gasteiger partial charge in [-0.05, 0) is 50.2 Å². The van der Waals surface area contributed by atoms with Crippen molar-refractivity contribution in [3.8, 4) is 11.3 Å². The summed E-state index contributed by atoms with van der Waals surface area (Å²) in [6.45, 7) is 0. The highest BCUT2D eigenvalue weighted by Gasteiger charge is 2.34. The van der Waals surface area contributed by atoms with Gasteiger partial charge in [0, 0.05) is 48.9 Å². The highest BCUT2D eigenvalue weighted by molar-refractivity contribution is 7.90. The molecule has 38 heavy (non-hydrogen) atoms. The van der Waals surface area contributed by atoms with E-state index in [9.17, 15) is 8.42 Å². The smallest absolute Gasteiger partial charge is 0.232 e. The Hall–Kier alpha value is -3.87. The van der Waals surface area contributed by atoms with Gasteiger partial charge in [-0.25, -0.2) is 22.2 Å². The van der Waals surface area contributed by atoms with Gasteiger partial charge < -0.3 is 10.2 Å². The number of fused-ring (bicyclic) bond motifs is 1. The lowest BCUT2D eigenvalue weighted by Crippen LogP contribution is -2.19. The summed E-state index contributed by atoms with van der Waals surface area (Å²) in [5, 5.41) is 15.2. The standard InChI is InChI=1S/C25H26F2N8O2S/c1-34-12-14(11-28-34)21-20(13-7-8-13)24(30-23-16-5-4-6-19(16)32-33-23)31-25(29-21)35(2)22-17(26)9-15(10-18(22)27)38(3,36)37/h9-13H,4-8H2,1-3H3,(H2,29,30,31,32,33). The first-order chi connectivity index (χ1) is 18.1. The van der Waals surface area contributed by atoms with Crippen molar-refractivity contribution in [2.45, 2.75) is 42.9 Å². The maximum absolute atomic E-state index is 15.1. The fraction of sp³-hybridized carbons (Fsp3) is 0.360. The van der Waals surface area contributed by atoms with Crippen LogP contribution >= 0.6 is 0 Å². The van der Waals surface area contributed by atoms with Crippen molar-refractivity contribution in [3.63, 3.8) is 0 Å². The molecule has 0 bridgehead atoms. The molecule has 3 aromatic heterocycles. The minimum Gasteiger partial charge on any atom is -0.323 e. The van der Waals surface area contributed by atoms with Crippen LogP contribution in [0.1, 0.15) is 42.0 Å². The number of hydrogen-bond acceptors (Lipinski definition) is 8. The first-order valence-corrected chi connectivity index (χ1v) is 14.2. The summed E-state index contributed by atoms with van der Waals surface area (Å²) in [5.41, 5.74) is 4.00. The summed E-state index contributed by atoms with van der Waals surface area (Å²) in [4.78, 5) is 10.2. The Balaban J connectivity index is 1.51. The number of nitrogens with one attached hydrogen (secondary N) is 2. The van der Waals surface area contributed by atoms with E-state index >= 15 is 8.78 Å². The molecule has 0 spiro atoms. The van der Waals surface area contributed by atoms with Crippen molar-refractivity contribution in [1.82, 2.24) is 29.9 Å². The minimum atomic E-state index is -3.80. The van der Waals surface area contributed by atoms with Crippen molar-refractivity contribution in [2.24, 2.45) is 7.05 Å². The fourth-order valence-corrected chi connectivity index (χ4v) is 5.57. The van der Waals surface area contributed by atoms with Gasteiger partial charge in [-0.15, -0.1) is 0 Å². The number of aromatic nitrogens is 6. The number of H-pyrrole nitrogens is 1. The topological polar surface area (TPSA) is 122 Å². The number of hydrogen-bond donors (Lipinski definition) is 2. The number of halogens is 2. The van der Waals surface area contributed by atoms with Gasteiger partial charge in [0.1, 0.15) is 11.5 Å². The first kappa shape index (κ1) is 24.5. The minimum absolute atomic E-state index is 0.0350. The molecule has 3 heterocycles. The van der Waals surface area contributed by atoms with E-state index in [0.29, 0.717) is 17.3 Å². The van der Waals surface area contributed by atoms with E-state index < -0.39 is 32.1 Å². The Morgan fingerprint density at radius 3 is 2.50 bits per heavy atom. The van der Waals surface area contributed by atoms with Gasteiger partial charge in [0.2, 0.25) is 5.95 Å². The summed E-state index contributed by atoms with van der Waals surface area (Å²) in [5.74, 6) is -0.623. The Morgan fingerprint density at radius 1 is 1.13 bits per heavy atom. The Kier molecular flexibility index (Phi) is 5.70. The number of sulfone groups is 1. The lowest BCUT2D eigenvalue weighted by molar-refractivity contribution is 0.569. The molecule has 0 aliphatic heterocycles. The molecule has 2 N–H and O–H groups in total. The quantitative estimate of drug-likeness (QED) is 0.358. The second-order valence-corrected chi connectivity index (χ2v) is 11.9. The SMILES string of the molecule is CN(c1nc(Nc2n[nH]c3c2CCC3)c(C2CC2)c(-c2cnn(C)c2)n1)c1c(F)cc(S(C)(=O)=O)cc1F. The van der Waals surface area contributed by atoms with Crippen LogP contribution in [0.5, 0.6) is 0 Å². The molecule has 0 amide bonds. The van der Waals surface area contributed by atoms with E-state index in [1.165, 1.54) is 11.9 Å². The Bertz CT molecular complexity index is 1650. The molecule has 0 atom stereocenters. The van der Waals surface area contributed by atoms with Crippen molar-refractivity contribution < 1.29 is 17.2 Å². The summed E-state index contributed by atoms with van der Waals surface area (Å²) in [7, 11) is -0.562. The molecule has 13 heteroatoms. The molecule has 0 saturated heterocycles. The number of anilines is 4. The van der Waals surface area contributed by atoms with Crippen molar-refractivity contribution in [2.75, 3.05) is 23.5 Å². The fourth-order valence-electron chi connectivity index (χ4n) is 4.94. The molecule has 1 aromatic carbocycles. The molecule has 0 unspecified atom stereocenters. The third-order valence-corrected chi connectivity index (χ3v) is 8.09. The molecule has 2 aliphatic carbocycles. The monoisotopic (exact) mass is 540 g/mol. The van der Waals surface area contributed by atoms with E-state index in [-0.39, 0.29) is 11.9 Å². The predicted octanol–water partition coefficient (Wildman–Crippen LogP) is 4.16. The zero-order chi connectivity index (χ0) is 26.8. The van der Waals surface area contributed by atoms with Crippen LogP contribution in [0.2, 0.25) is 0 Å². The summed E-state index contributed by atoms with van der Waals surface area (Å²) < 4.78 is 55.7. The molecular weight excluding hydrogens is 514 g/mol. The van der Waals surface area contributed by atoms with Crippen LogP contribution in [-0.4, -0.2) is 51.7 Å². The molecule has 1 fully saturated rings. The Labute approximate surface area is 218 Å². The van der Waals surface area contributed by atoms with E-state index in [0.717, 1.165) is 72.9 Å². The maximum atomic E-state index is 15.1. The van der Waals surface area contributed by atoms with Crippen LogP contribution in [0.15, 0.2) is 29.4 Å². The molecule has 0 radical (unpaired) electrons. The van der Waals surface area contributed by atoms with Gasteiger partial charge in [0.05, 0.1) is 16.8 Å². The number of benzene rings is 1. The van der Waals surface area contributed by atoms with E-state index in [1.54, 1.807) is 17.9 Å². The highest BCUT2D eigenvalue weighted by Crippen LogP contribution is 2.48. The number of nitrogens with zero attached hydrogens (tertiary/aromatic N) is 6. The molecule has 2 aliphatic rings. The van der Waals surface area contributed by atoms with Crippen molar-refractivity contribution in [3.05, 3.63) is 53.0 Å². The van der Waals surface area contributed by atoms with Crippen LogP contribution in [-0.2, 0) is 29.7 Å². The van der Waals surface area contributed by atoms with Crippen LogP contribution in [0.25, 0.3) is 11.3 Å². The normalized spacial score (nSPS) is 15.1. The van der Waals surface area contributed by atoms with E-state index in [4.69, 9.17) is 9.97 Å².